The minimum Gasteiger partial charge on any atom is -0.504 e. The van der Waals surface area contributed by atoms with Crippen molar-refractivity contribution in [2.24, 2.45) is 10.2 Å². The second-order valence-corrected chi connectivity index (χ2v) is 10.3. The Bertz CT molecular complexity index is 1390. The minimum atomic E-state index is -0.527. The SMILES string of the molecule is COc1ccc2c(O)c(C=C3N=Nc4ccccc43)oc2c1C(C)N1CCN(C(=O)OC(C)(C)C)CC1. The molecule has 1 fully saturated rings. The Hall–Kier alpha value is -3.85. The third-order valence-electron chi connectivity index (χ3n) is 6.72. The van der Waals surface area contributed by atoms with Crippen molar-refractivity contribution in [2.75, 3.05) is 33.3 Å². The van der Waals surface area contributed by atoms with Crippen molar-refractivity contribution in [3.05, 3.63) is 53.3 Å². The van der Waals surface area contributed by atoms with Crippen LogP contribution in [0.5, 0.6) is 11.5 Å². The molecule has 2 aromatic carbocycles. The highest BCUT2D eigenvalue weighted by molar-refractivity contribution is 5.95. The van der Waals surface area contributed by atoms with E-state index in [0.717, 1.165) is 16.8 Å². The lowest BCUT2D eigenvalue weighted by molar-refractivity contribution is 0.0109. The van der Waals surface area contributed by atoms with E-state index in [-0.39, 0.29) is 17.9 Å². The Morgan fingerprint density at radius 1 is 1.11 bits per heavy atom. The van der Waals surface area contributed by atoms with Crippen LogP contribution in [0.2, 0.25) is 0 Å². The van der Waals surface area contributed by atoms with E-state index in [0.29, 0.717) is 54.4 Å². The third-order valence-corrected chi connectivity index (χ3v) is 6.72. The monoisotopic (exact) mass is 504 g/mol. The van der Waals surface area contributed by atoms with Gasteiger partial charge in [0, 0.05) is 43.9 Å². The molecule has 5 rings (SSSR count). The van der Waals surface area contributed by atoms with Crippen LogP contribution in [-0.4, -0.2) is 59.9 Å². The Labute approximate surface area is 216 Å². The molecular formula is C28H32N4O5. The standard InChI is InChI=1S/C28H32N4O5/c1-17(31-12-14-32(15-13-31)27(34)37-28(2,3)4)24-22(35-5)11-10-19-25(33)23(36-26(19)24)16-21-18-8-6-7-9-20(18)29-30-21/h6-11,16-17,33H,12-15H2,1-5H3. The third kappa shape index (κ3) is 4.79. The molecule has 1 saturated heterocycles. The number of nitrogens with zero attached hydrogens (tertiary/aromatic N) is 4. The normalized spacial score (nSPS) is 17.9. The van der Waals surface area contributed by atoms with Crippen molar-refractivity contribution in [1.29, 1.82) is 0 Å². The molecule has 0 bridgehead atoms. The van der Waals surface area contributed by atoms with Crippen molar-refractivity contribution in [1.82, 2.24) is 9.80 Å². The van der Waals surface area contributed by atoms with Crippen LogP contribution in [0.3, 0.4) is 0 Å². The number of aromatic hydroxyl groups is 1. The Balaban J connectivity index is 1.43. The van der Waals surface area contributed by atoms with Crippen molar-refractivity contribution >= 4 is 34.5 Å². The number of fused-ring (bicyclic) bond motifs is 2. The number of hydrogen-bond acceptors (Lipinski definition) is 8. The maximum Gasteiger partial charge on any atom is 0.410 e. The van der Waals surface area contributed by atoms with Crippen molar-refractivity contribution in [2.45, 2.75) is 39.3 Å². The van der Waals surface area contributed by atoms with Crippen LogP contribution in [0.15, 0.2) is 51.0 Å². The first-order valence-electron chi connectivity index (χ1n) is 12.4. The van der Waals surface area contributed by atoms with E-state index < -0.39 is 5.60 Å². The van der Waals surface area contributed by atoms with E-state index in [2.05, 4.69) is 22.1 Å². The number of carbonyl (C=O) groups excluding carboxylic acids is 1. The average Bonchev–Trinajstić information content (AvgIpc) is 3.43. The van der Waals surface area contributed by atoms with Crippen LogP contribution in [0.1, 0.15) is 50.6 Å². The first-order valence-corrected chi connectivity index (χ1v) is 12.4. The number of amides is 1. The number of hydrogen-bond donors (Lipinski definition) is 1. The van der Waals surface area contributed by atoms with Gasteiger partial charge in [-0.15, -0.1) is 10.2 Å². The molecule has 2 aliphatic rings. The first kappa shape index (κ1) is 24.8. The zero-order valence-corrected chi connectivity index (χ0v) is 21.8. The Morgan fingerprint density at radius 3 is 2.54 bits per heavy atom. The molecule has 0 aliphatic carbocycles. The maximum atomic E-state index is 12.5. The highest BCUT2D eigenvalue weighted by Crippen LogP contribution is 2.44. The topological polar surface area (TPSA) is 100 Å². The molecule has 1 N–H and O–H groups in total. The summed E-state index contributed by atoms with van der Waals surface area (Å²) in [6.07, 6.45) is 1.42. The lowest BCUT2D eigenvalue weighted by atomic mass is 10.0. The lowest BCUT2D eigenvalue weighted by Gasteiger charge is -2.38. The van der Waals surface area contributed by atoms with Crippen LogP contribution in [0.4, 0.5) is 10.5 Å². The largest absolute Gasteiger partial charge is 0.504 e. The molecule has 1 unspecified atom stereocenters. The fourth-order valence-electron chi connectivity index (χ4n) is 4.81. The molecule has 1 amide bonds. The van der Waals surface area contributed by atoms with Gasteiger partial charge in [0.05, 0.1) is 29.4 Å². The summed E-state index contributed by atoms with van der Waals surface area (Å²) in [6.45, 7) is 10.1. The first-order chi connectivity index (χ1) is 17.7. The summed E-state index contributed by atoms with van der Waals surface area (Å²) in [5.74, 6) is 1.04. The molecular weight excluding hydrogens is 472 g/mol. The van der Waals surface area contributed by atoms with Crippen LogP contribution in [0, 0.1) is 0 Å². The second-order valence-electron chi connectivity index (χ2n) is 10.3. The highest BCUT2D eigenvalue weighted by atomic mass is 16.6. The number of piperazine rings is 1. The lowest BCUT2D eigenvalue weighted by Crippen LogP contribution is -2.50. The van der Waals surface area contributed by atoms with E-state index in [1.807, 2.05) is 51.1 Å². The molecule has 1 atom stereocenters. The zero-order chi connectivity index (χ0) is 26.3. The predicted molar refractivity (Wildman–Crippen MR) is 141 cm³/mol. The van der Waals surface area contributed by atoms with Crippen molar-refractivity contribution in [3.63, 3.8) is 0 Å². The van der Waals surface area contributed by atoms with Gasteiger partial charge in [0.15, 0.2) is 11.5 Å². The van der Waals surface area contributed by atoms with Crippen molar-refractivity contribution in [3.8, 4) is 11.5 Å². The summed E-state index contributed by atoms with van der Waals surface area (Å²) in [5.41, 5.74) is 3.18. The van der Waals surface area contributed by atoms with Crippen LogP contribution in [0.25, 0.3) is 22.7 Å². The number of methoxy groups -OCH3 is 1. The van der Waals surface area contributed by atoms with E-state index in [1.54, 1.807) is 24.2 Å². The molecule has 2 aliphatic heterocycles. The van der Waals surface area contributed by atoms with E-state index in [1.165, 1.54) is 0 Å². The smallest absolute Gasteiger partial charge is 0.410 e. The minimum absolute atomic E-state index is 0.0490. The van der Waals surface area contributed by atoms with E-state index in [9.17, 15) is 9.90 Å². The summed E-state index contributed by atoms with van der Waals surface area (Å²) < 4.78 is 17.5. The average molecular weight is 505 g/mol. The number of furan rings is 1. The Kier molecular flexibility index (Phi) is 6.41. The summed E-state index contributed by atoms with van der Waals surface area (Å²) in [5, 5.41) is 20.1. The summed E-state index contributed by atoms with van der Waals surface area (Å²) in [4.78, 5) is 16.5. The predicted octanol–water partition coefficient (Wildman–Crippen LogP) is 6.36. The van der Waals surface area contributed by atoms with E-state index in [4.69, 9.17) is 13.9 Å². The summed E-state index contributed by atoms with van der Waals surface area (Å²) >= 11 is 0. The molecule has 0 radical (unpaired) electrons. The maximum absolute atomic E-state index is 12.5. The van der Waals surface area contributed by atoms with Crippen LogP contribution >= 0.6 is 0 Å². The molecule has 37 heavy (non-hydrogen) atoms. The molecule has 194 valence electrons. The van der Waals surface area contributed by atoms with Gasteiger partial charge in [0.2, 0.25) is 0 Å². The fourth-order valence-corrected chi connectivity index (χ4v) is 4.81. The quantitative estimate of drug-likeness (QED) is 0.444. The zero-order valence-electron chi connectivity index (χ0n) is 21.8. The van der Waals surface area contributed by atoms with Gasteiger partial charge in [-0.25, -0.2) is 4.79 Å². The molecule has 0 spiro atoms. The highest BCUT2D eigenvalue weighted by Gasteiger charge is 2.31. The van der Waals surface area contributed by atoms with Gasteiger partial charge in [0.1, 0.15) is 16.9 Å². The number of ether oxygens (including phenoxy) is 2. The number of rotatable bonds is 4. The van der Waals surface area contributed by atoms with Crippen LogP contribution < -0.4 is 4.74 Å². The summed E-state index contributed by atoms with van der Waals surface area (Å²) in [7, 11) is 1.62. The van der Waals surface area contributed by atoms with Gasteiger partial charge in [0.25, 0.3) is 0 Å². The van der Waals surface area contributed by atoms with Gasteiger partial charge in [-0.3, -0.25) is 4.90 Å². The summed E-state index contributed by atoms with van der Waals surface area (Å²) in [6, 6.07) is 11.2. The second kappa shape index (κ2) is 9.55. The van der Waals surface area contributed by atoms with Crippen LogP contribution in [-0.2, 0) is 4.74 Å². The van der Waals surface area contributed by atoms with E-state index >= 15 is 0 Å². The number of azo groups is 1. The molecule has 0 saturated carbocycles. The Morgan fingerprint density at radius 2 is 1.84 bits per heavy atom. The van der Waals surface area contributed by atoms with Gasteiger partial charge >= 0.3 is 6.09 Å². The molecule has 3 aromatic rings. The molecule has 9 nitrogen and oxygen atoms in total. The van der Waals surface area contributed by atoms with Gasteiger partial charge in [-0.05, 0) is 45.9 Å². The number of benzene rings is 2. The number of carbonyl (C=O) groups is 1. The molecule has 9 heteroatoms. The molecule has 1 aromatic heterocycles. The van der Waals surface area contributed by atoms with Gasteiger partial charge < -0.3 is 23.9 Å². The van der Waals surface area contributed by atoms with Gasteiger partial charge in [-0.2, -0.15) is 0 Å². The van der Waals surface area contributed by atoms with Crippen molar-refractivity contribution < 1.29 is 23.8 Å². The fraction of sp³-hybridized carbons (Fsp3) is 0.393. The van der Waals surface area contributed by atoms with Gasteiger partial charge in [-0.1, -0.05) is 18.2 Å². The molecule has 3 heterocycles.